The van der Waals surface area contributed by atoms with E-state index in [4.69, 9.17) is 0 Å². The highest BCUT2D eigenvalue weighted by Gasteiger charge is 2.38. The van der Waals surface area contributed by atoms with E-state index in [-0.39, 0.29) is 0 Å². The Balaban J connectivity index is 1.82. The average molecular weight is 417 g/mol. The van der Waals surface area contributed by atoms with Crippen LogP contribution >= 0.6 is 0 Å². The molecule has 30 heavy (non-hydrogen) atoms. The lowest BCUT2D eigenvalue weighted by molar-refractivity contribution is -0.659. The second kappa shape index (κ2) is 7.64. The lowest BCUT2D eigenvalue weighted by atomic mass is 9.87. The van der Waals surface area contributed by atoms with Crippen LogP contribution in [0.25, 0.3) is 22.0 Å². The molecule has 0 N–H and O–H groups in total. The van der Waals surface area contributed by atoms with Crippen LogP contribution in [0.15, 0.2) is 48.7 Å². The molecule has 2 heterocycles. The van der Waals surface area contributed by atoms with E-state index in [1.54, 1.807) is 5.19 Å². The summed E-state index contributed by atoms with van der Waals surface area (Å²) in [6, 6.07) is 19.6. The van der Waals surface area contributed by atoms with Gasteiger partial charge in [0.2, 0.25) is 5.69 Å². The Bertz CT molecular complexity index is 1080. The van der Waals surface area contributed by atoms with Gasteiger partial charge < -0.3 is 0 Å². The van der Waals surface area contributed by atoms with Gasteiger partial charge in [0.05, 0.1) is 13.5 Å². The molecule has 158 valence electrons. The van der Waals surface area contributed by atoms with E-state index < -0.39 is 8.07 Å². The van der Waals surface area contributed by atoms with E-state index in [1.165, 1.54) is 58.1 Å². The molecule has 0 aliphatic carbocycles. The molecule has 1 nitrogen and oxygen atoms in total. The fourth-order valence-electron chi connectivity index (χ4n) is 5.10. The van der Waals surface area contributed by atoms with Crippen LogP contribution in [0, 0.1) is 12.3 Å². The van der Waals surface area contributed by atoms with Crippen molar-refractivity contribution in [1.29, 1.82) is 0 Å². The SMILES string of the molecule is Cc1ccc(C(C)C)cc1-c1c2ccc([Si]3(C)CCC(C)(C)CC3)cc2cc[n+]1C. The molecule has 4 rings (SSSR count). The smallest absolute Gasteiger partial charge is 0.200 e. The normalized spacial score (nSPS) is 18.1. The Morgan fingerprint density at radius 2 is 1.67 bits per heavy atom. The molecular weight excluding hydrogens is 378 g/mol. The first-order chi connectivity index (χ1) is 14.1. The Kier molecular flexibility index (Phi) is 5.42. The summed E-state index contributed by atoms with van der Waals surface area (Å²) >= 11 is 0. The molecule has 1 aliphatic rings. The maximum atomic E-state index is 2.61. The molecule has 2 aromatic carbocycles. The average Bonchev–Trinajstić information content (AvgIpc) is 2.71. The molecule has 1 aromatic heterocycles. The highest BCUT2D eigenvalue weighted by Crippen LogP contribution is 2.40. The van der Waals surface area contributed by atoms with Gasteiger partial charge in [-0.15, -0.1) is 0 Å². The highest BCUT2D eigenvalue weighted by molar-refractivity contribution is 6.91. The third-order valence-corrected chi connectivity index (χ3v) is 12.1. The van der Waals surface area contributed by atoms with Gasteiger partial charge in [-0.2, -0.15) is 0 Å². The molecule has 0 radical (unpaired) electrons. The van der Waals surface area contributed by atoms with Crippen molar-refractivity contribution in [3.05, 3.63) is 59.8 Å². The number of pyridine rings is 1. The minimum Gasteiger partial charge on any atom is -0.200 e. The summed E-state index contributed by atoms with van der Waals surface area (Å²) in [6.45, 7) is 14.3. The predicted octanol–water partition coefficient (Wildman–Crippen LogP) is 6.87. The first-order valence-corrected chi connectivity index (χ1v) is 14.5. The van der Waals surface area contributed by atoms with Gasteiger partial charge in [0, 0.05) is 11.6 Å². The minimum atomic E-state index is -1.37. The van der Waals surface area contributed by atoms with Crippen LogP contribution in [-0.2, 0) is 7.05 Å². The number of rotatable bonds is 3. The summed E-state index contributed by atoms with van der Waals surface area (Å²) in [6.07, 6.45) is 5.00. The molecule has 1 saturated heterocycles. The van der Waals surface area contributed by atoms with Crippen LogP contribution < -0.4 is 9.75 Å². The fourth-order valence-corrected chi connectivity index (χ4v) is 9.38. The summed E-state index contributed by atoms with van der Waals surface area (Å²) in [4.78, 5) is 0. The molecule has 2 heteroatoms. The lowest BCUT2D eigenvalue weighted by Gasteiger charge is -2.40. The highest BCUT2D eigenvalue weighted by atomic mass is 28.3. The molecule has 1 aliphatic heterocycles. The number of hydrogen-bond acceptors (Lipinski definition) is 0. The fraction of sp³-hybridized carbons (Fsp3) is 0.464. The van der Waals surface area contributed by atoms with E-state index in [0.717, 1.165) is 0 Å². The van der Waals surface area contributed by atoms with Crippen LogP contribution in [0.2, 0.25) is 18.6 Å². The van der Waals surface area contributed by atoms with Gasteiger partial charge in [-0.05, 0) is 46.9 Å². The zero-order valence-corrected chi connectivity index (χ0v) is 21.0. The third kappa shape index (κ3) is 3.87. The Labute approximate surface area is 184 Å². The number of nitrogens with zero attached hydrogens (tertiary/aromatic N) is 1. The maximum absolute atomic E-state index is 2.61. The van der Waals surface area contributed by atoms with Gasteiger partial charge in [-0.3, -0.25) is 0 Å². The molecule has 0 bridgehead atoms. The van der Waals surface area contributed by atoms with E-state index in [2.05, 4.69) is 101 Å². The van der Waals surface area contributed by atoms with Crippen LogP contribution in [0.1, 0.15) is 57.6 Å². The van der Waals surface area contributed by atoms with Crippen molar-refractivity contribution in [3.63, 3.8) is 0 Å². The van der Waals surface area contributed by atoms with Gasteiger partial charge in [0.1, 0.15) is 7.05 Å². The summed E-state index contributed by atoms with van der Waals surface area (Å²) < 4.78 is 2.30. The minimum absolute atomic E-state index is 0.531. The van der Waals surface area contributed by atoms with Crippen molar-refractivity contribution in [1.82, 2.24) is 0 Å². The standard InChI is InChI=1S/C28H38NSi/c1-20(2)22-9-8-21(3)26(19-22)27-25-11-10-24(18-23(25)12-15-29(27)6)30(7)16-13-28(4,5)14-17-30/h8-12,15,18-20H,13-14,16-17H2,1-7H3/q+1. The van der Waals surface area contributed by atoms with Crippen molar-refractivity contribution in [3.8, 4) is 11.3 Å². The zero-order valence-electron chi connectivity index (χ0n) is 20.0. The van der Waals surface area contributed by atoms with E-state index in [1.807, 2.05) is 0 Å². The molecular formula is C28H38NSi+. The van der Waals surface area contributed by atoms with Gasteiger partial charge in [0.15, 0.2) is 6.20 Å². The van der Waals surface area contributed by atoms with E-state index >= 15 is 0 Å². The Morgan fingerprint density at radius 3 is 2.33 bits per heavy atom. The van der Waals surface area contributed by atoms with Crippen LogP contribution in [0.5, 0.6) is 0 Å². The van der Waals surface area contributed by atoms with Crippen molar-refractivity contribution in [2.24, 2.45) is 12.5 Å². The van der Waals surface area contributed by atoms with Crippen LogP contribution in [0.4, 0.5) is 0 Å². The maximum Gasteiger partial charge on any atom is 0.220 e. The van der Waals surface area contributed by atoms with Crippen molar-refractivity contribution >= 4 is 24.0 Å². The number of fused-ring (bicyclic) bond motifs is 1. The first kappa shape index (κ1) is 21.3. The molecule has 0 amide bonds. The molecule has 3 aromatic rings. The van der Waals surface area contributed by atoms with Crippen molar-refractivity contribution in [2.75, 3.05) is 0 Å². The first-order valence-electron chi connectivity index (χ1n) is 11.6. The van der Waals surface area contributed by atoms with E-state index in [9.17, 15) is 0 Å². The number of aryl methyl sites for hydroxylation is 2. The topological polar surface area (TPSA) is 3.88 Å². The quantitative estimate of drug-likeness (QED) is 0.324. The van der Waals surface area contributed by atoms with Gasteiger partial charge in [-0.1, -0.05) is 88.6 Å². The zero-order chi connectivity index (χ0) is 21.7. The van der Waals surface area contributed by atoms with Gasteiger partial charge in [0.25, 0.3) is 0 Å². The number of aromatic nitrogens is 1. The Morgan fingerprint density at radius 1 is 0.967 bits per heavy atom. The largest absolute Gasteiger partial charge is 0.220 e. The second-order valence-corrected chi connectivity index (χ2v) is 15.7. The summed E-state index contributed by atoms with van der Waals surface area (Å²) in [5, 5.41) is 4.42. The molecule has 0 unspecified atom stereocenters. The van der Waals surface area contributed by atoms with E-state index in [0.29, 0.717) is 11.3 Å². The second-order valence-electron chi connectivity index (χ2n) is 11.0. The monoisotopic (exact) mass is 416 g/mol. The van der Waals surface area contributed by atoms with Gasteiger partial charge >= 0.3 is 0 Å². The summed E-state index contributed by atoms with van der Waals surface area (Å²) in [5.41, 5.74) is 6.00. The molecule has 0 spiro atoms. The number of benzene rings is 2. The van der Waals surface area contributed by atoms with Crippen LogP contribution in [-0.4, -0.2) is 8.07 Å². The number of hydrogen-bond donors (Lipinski definition) is 0. The lowest BCUT2D eigenvalue weighted by Crippen LogP contribution is -2.48. The van der Waals surface area contributed by atoms with Crippen molar-refractivity contribution in [2.45, 2.75) is 72.0 Å². The van der Waals surface area contributed by atoms with Crippen molar-refractivity contribution < 1.29 is 4.57 Å². The summed E-state index contributed by atoms with van der Waals surface area (Å²) in [7, 11) is 0.813. The van der Waals surface area contributed by atoms with Gasteiger partial charge in [-0.25, -0.2) is 4.57 Å². The molecule has 1 fully saturated rings. The predicted molar refractivity (Wildman–Crippen MR) is 133 cm³/mol. The Hall–Kier alpha value is -1.93. The van der Waals surface area contributed by atoms with Crippen LogP contribution in [0.3, 0.4) is 0 Å². The molecule has 0 atom stereocenters. The third-order valence-electron chi connectivity index (χ3n) is 7.72. The molecule has 0 saturated carbocycles. The summed E-state index contributed by atoms with van der Waals surface area (Å²) in [5.74, 6) is 0.540.